The third kappa shape index (κ3) is 9.18. The van der Waals surface area contributed by atoms with Crippen LogP contribution in [-0.4, -0.2) is 41.2 Å². The van der Waals surface area contributed by atoms with E-state index in [9.17, 15) is 9.18 Å². The second-order valence-electron chi connectivity index (χ2n) is 16.4. The van der Waals surface area contributed by atoms with E-state index in [2.05, 4.69) is 80.3 Å². The topological polar surface area (TPSA) is 82.5 Å². The van der Waals surface area contributed by atoms with Gasteiger partial charge in [0.25, 0.3) is 0 Å². The molecule has 2 aliphatic heterocycles. The van der Waals surface area contributed by atoms with E-state index in [-0.39, 0.29) is 11.9 Å². The zero-order valence-corrected chi connectivity index (χ0v) is 33.8. The van der Waals surface area contributed by atoms with Gasteiger partial charge in [0.15, 0.2) is 5.82 Å². The first kappa shape index (κ1) is 40.5. The summed E-state index contributed by atoms with van der Waals surface area (Å²) in [5.74, 6) is 4.10. The van der Waals surface area contributed by atoms with Crippen LogP contribution in [0, 0.1) is 36.4 Å². The Balaban J connectivity index is 0.000000387. The van der Waals surface area contributed by atoms with Crippen molar-refractivity contribution in [3.8, 4) is 11.3 Å². The summed E-state index contributed by atoms with van der Waals surface area (Å²) in [7, 11) is 0. The number of carbonyl (C=O) groups is 1. The Morgan fingerprint density at radius 2 is 1.72 bits per heavy atom. The van der Waals surface area contributed by atoms with Crippen LogP contribution in [0.3, 0.4) is 0 Å². The summed E-state index contributed by atoms with van der Waals surface area (Å²) in [6, 6.07) is 10.2. The molecule has 8 heteroatoms. The highest BCUT2D eigenvalue weighted by molar-refractivity contribution is 6.09. The number of rotatable bonds is 10. The van der Waals surface area contributed by atoms with Gasteiger partial charge in [0, 0.05) is 35.3 Å². The third-order valence-electron chi connectivity index (χ3n) is 11.7. The van der Waals surface area contributed by atoms with Gasteiger partial charge in [-0.25, -0.2) is 9.37 Å². The fraction of sp³-hybridized carbons (Fsp3) is 0.600. The summed E-state index contributed by atoms with van der Waals surface area (Å²) in [6.45, 7) is 19.0. The van der Waals surface area contributed by atoms with Gasteiger partial charge >= 0.3 is 0 Å². The van der Waals surface area contributed by atoms with Crippen LogP contribution in [0.4, 0.5) is 27.3 Å². The minimum absolute atomic E-state index is 0.255. The molecule has 0 bridgehead atoms. The fourth-order valence-corrected chi connectivity index (χ4v) is 8.51. The number of amides is 1. The van der Waals surface area contributed by atoms with Gasteiger partial charge in [0.2, 0.25) is 5.91 Å². The predicted molar refractivity (Wildman–Crippen MR) is 220 cm³/mol. The summed E-state index contributed by atoms with van der Waals surface area (Å²) >= 11 is 0. The minimum atomic E-state index is -0.447. The molecule has 7 nitrogen and oxygen atoms in total. The number of carbonyl (C=O) groups excluding carboxylic acids is 1. The molecule has 2 atom stereocenters. The molecule has 3 fully saturated rings. The maximum Gasteiger partial charge on any atom is 0.238 e. The van der Waals surface area contributed by atoms with Gasteiger partial charge in [-0.05, 0) is 112 Å². The molecule has 7 rings (SSSR count). The van der Waals surface area contributed by atoms with Crippen molar-refractivity contribution >= 4 is 35.0 Å². The molecule has 2 saturated carbocycles. The molecule has 4 aliphatic rings. The van der Waals surface area contributed by atoms with Crippen molar-refractivity contribution in [1.82, 2.24) is 15.3 Å². The molecule has 53 heavy (non-hydrogen) atoms. The lowest BCUT2D eigenvalue weighted by atomic mass is 9.71. The number of nitrogens with one attached hydrogen (secondary N) is 2. The maximum atomic E-state index is 14.5. The molecule has 288 valence electrons. The van der Waals surface area contributed by atoms with Crippen LogP contribution >= 0.6 is 0 Å². The molecule has 1 aromatic carbocycles. The molecule has 1 amide bonds. The number of aromatic nitrogens is 2. The van der Waals surface area contributed by atoms with E-state index in [0.717, 1.165) is 96.7 Å². The summed E-state index contributed by atoms with van der Waals surface area (Å²) < 4.78 is 14.5. The summed E-state index contributed by atoms with van der Waals surface area (Å²) in [5.41, 5.74) is 5.31. The lowest BCUT2D eigenvalue weighted by Gasteiger charge is -2.43. The summed E-state index contributed by atoms with van der Waals surface area (Å²) in [4.78, 5) is 29.8. The van der Waals surface area contributed by atoms with Gasteiger partial charge in [-0.15, -0.1) is 0 Å². The van der Waals surface area contributed by atoms with Crippen LogP contribution in [0.2, 0.25) is 0 Å². The lowest BCUT2D eigenvalue weighted by Crippen LogP contribution is -2.53. The smallest absolute Gasteiger partial charge is 0.238 e. The Hall–Kier alpha value is -3.65. The highest BCUT2D eigenvalue weighted by Gasteiger charge is 2.54. The molecule has 3 aromatic rings. The van der Waals surface area contributed by atoms with Crippen molar-refractivity contribution in [2.45, 2.75) is 137 Å². The first-order valence-corrected chi connectivity index (χ1v) is 20.7. The van der Waals surface area contributed by atoms with Crippen molar-refractivity contribution in [2.24, 2.45) is 28.7 Å². The van der Waals surface area contributed by atoms with E-state index in [4.69, 9.17) is 9.98 Å². The number of hydrogen-bond donors (Lipinski definition) is 2. The Labute approximate surface area is 319 Å². The SMILES string of the molecule is CC(C)C.CCC1CCC1CC.CCC=Nc1cc(-c2ccc3c(c2)N(C2CC(CCC)C2)C(=O)C32CCNCC2)nc(Nc2ccncc2F)c1C. The van der Waals surface area contributed by atoms with E-state index in [0.29, 0.717) is 17.4 Å². The number of aliphatic imine (C=N–C) groups is 1. The molecule has 2 unspecified atom stereocenters. The minimum Gasteiger partial charge on any atom is -0.337 e. The average molecular weight is 725 g/mol. The lowest BCUT2D eigenvalue weighted by molar-refractivity contribution is -0.125. The van der Waals surface area contributed by atoms with Crippen LogP contribution in [0.1, 0.15) is 130 Å². The Morgan fingerprint density at radius 1 is 1.04 bits per heavy atom. The number of anilines is 3. The second-order valence-corrected chi connectivity index (χ2v) is 16.4. The number of nitrogens with zero attached hydrogens (tertiary/aromatic N) is 4. The third-order valence-corrected chi connectivity index (χ3v) is 11.7. The Bertz CT molecular complexity index is 1680. The van der Waals surface area contributed by atoms with Crippen molar-refractivity contribution in [1.29, 1.82) is 0 Å². The fourth-order valence-electron chi connectivity index (χ4n) is 8.51. The first-order chi connectivity index (χ1) is 25.6. The number of hydrogen-bond acceptors (Lipinski definition) is 6. The second kappa shape index (κ2) is 18.6. The predicted octanol–water partition coefficient (Wildman–Crippen LogP) is 11.5. The van der Waals surface area contributed by atoms with Crippen molar-refractivity contribution in [3.05, 3.63) is 59.7 Å². The quantitative estimate of drug-likeness (QED) is 0.203. The van der Waals surface area contributed by atoms with E-state index < -0.39 is 11.2 Å². The van der Waals surface area contributed by atoms with E-state index in [1.807, 2.05) is 26.1 Å². The number of fused-ring (bicyclic) bond motifs is 2. The largest absolute Gasteiger partial charge is 0.337 e. The number of piperidine rings is 1. The Kier molecular flexibility index (Phi) is 14.2. The van der Waals surface area contributed by atoms with Gasteiger partial charge in [-0.3, -0.25) is 14.8 Å². The first-order valence-electron chi connectivity index (χ1n) is 20.7. The zero-order valence-electron chi connectivity index (χ0n) is 33.8. The summed E-state index contributed by atoms with van der Waals surface area (Å²) in [6.07, 6.45) is 17.5. The highest BCUT2D eigenvalue weighted by atomic mass is 19.1. The van der Waals surface area contributed by atoms with Crippen molar-refractivity contribution in [3.63, 3.8) is 0 Å². The standard InChI is InChI=1S/C33H39FN6O.C8H16.C4H10/c1-4-6-22-16-24(17-22)40-30-18-23(7-8-25(30)33(32(40)41)10-14-35-15-11-33)29-19-28(37-12-5-2)21(3)31(39-29)38-27-9-13-36-20-26(27)34;1-3-7-5-6-8(7)4-2;1-4(2)3/h7-9,12-13,18-20,22,24,35H,4-6,10-11,14-17H2,1-3H3,(H,36,38,39);7-8H,3-6H2,1-2H3;4H,1-3H3. The molecular formula is C45H65FN6O. The molecule has 2 aliphatic carbocycles. The summed E-state index contributed by atoms with van der Waals surface area (Å²) in [5, 5.41) is 6.61. The normalized spacial score (nSPS) is 22.8. The number of benzene rings is 1. The van der Waals surface area contributed by atoms with E-state index in [1.165, 1.54) is 44.7 Å². The van der Waals surface area contributed by atoms with Gasteiger partial charge in [0.1, 0.15) is 5.82 Å². The zero-order chi connectivity index (χ0) is 38.1. The molecule has 2 N–H and O–H groups in total. The molecule has 4 heterocycles. The molecule has 1 spiro atoms. The monoisotopic (exact) mass is 725 g/mol. The van der Waals surface area contributed by atoms with Crippen LogP contribution in [0.25, 0.3) is 11.3 Å². The molecule has 2 aromatic heterocycles. The molecule has 0 radical (unpaired) electrons. The Morgan fingerprint density at radius 3 is 2.30 bits per heavy atom. The van der Waals surface area contributed by atoms with Crippen LogP contribution < -0.4 is 15.5 Å². The van der Waals surface area contributed by atoms with Crippen LogP contribution in [-0.2, 0) is 10.2 Å². The van der Waals surface area contributed by atoms with E-state index in [1.54, 1.807) is 12.3 Å². The maximum absolute atomic E-state index is 14.5. The highest BCUT2D eigenvalue weighted by Crippen LogP contribution is 2.52. The molecule has 1 saturated heterocycles. The number of pyridine rings is 2. The van der Waals surface area contributed by atoms with Gasteiger partial charge in [-0.1, -0.05) is 86.3 Å². The van der Waals surface area contributed by atoms with Crippen molar-refractivity contribution < 1.29 is 9.18 Å². The van der Waals surface area contributed by atoms with Gasteiger partial charge < -0.3 is 15.5 Å². The van der Waals surface area contributed by atoms with E-state index >= 15 is 0 Å². The molecular weight excluding hydrogens is 660 g/mol. The van der Waals surface area contributed by atoms with Gasteiger partial charge in [0.05, 0.1) is 28.7 Å². The average Bonchev–Trinajstić information content (AvgIpc) is 3.33. The van der Waals surface area contributed by atoms with Gasteiger partial charge in [-0.2, -0.15) is 0 Å². The number of halogens is 1. The van der Waals surface area contributed by atoms with Crippen LogP contribution in [0.5, 0.6) is 0 Å². The van der Waals surface area contributed by atoms with Crippen LogP contribution in [0.15, 0.2) is 47.7 Å². The van der Waals surface area contributed by atoms with Crippen molar-refractivity contribution in [2.75, 3.05) is 23.3 Å².